The second kappa shape index (κ2) is 6.92. The molecule has 2 atom stereocenters. The molecule has 4 rings (SSSR count). The van der Waals surface area contributed by atoms with Gasteiger partial charge < -0.3 is 9.84 Å². The van der Waals surface area contributed by atoms with Crippen LogP contribution in [-0.2, 0) is 11.3 Å². The standard InChI is InChI=1S/C18H22N6O2/c1-12-15(13(2)26-21-12)9-23-10-16(17(11-23)24-8-7-19-22-24)20-18(25)6-5-14-3-4-14/h7-8,14,16-17H,3-4,9-11H2,1-2H3,(H,20,25)/t16-,17+/m1/s1. The molecule has 3 heterocycles. The van der Waals surface area contributed by atoms with E-state index in [0.717, 1.165) is 42.9 Å². The monoisotopic (exact) mass is 354 g/mol. The van der Waals surface area contributed by atoms with Crippen LogP contribution in [0.4, 0.5) is 0 Å². The van der Waals surface area contributed by atoms with Gasteiger partial charge in [0.2, 0.25) is 0 Å². The van der Waals surface area contributed by atoms with Crippen molar-refractivity contribution in [3.05, 3.63) is 29.4 Å². The molecule has 1 saturated carbocycles. The third-order valence-corrected chi connectivity index (χ3v) is 4.99. The number of aromatic nitrogens is 4. The summed E-state index contributed by atoms with van der Waals surface area (Å²) in [6.45, 7) is 6.07. The maximum absolute atomic E-state index is 12.2. The number of nitrogens with one attached hydrogen (secondary N) is 1. The Kier molecular flexibility index (Phi) is 4.47. The highest BCUT2D eigenvalue weighted by atomic mass is 16.5. The first-order chi connectivity index (χ1) is 12.6. The summed E-state index contributed by atoms with van der Waals surface area (Å²) in [7, 11) is 0. The van der Waals surface area contributed by atoms with Gasteiger partial charge in [0.1, 0.15) is 5.76 Å². The van der Waals surface area contributed by atoms with Crippen LogP contribution >= 0.6 is 0 Å². The summed E-state index contributed by atoms with van der Waals surface area (Å²) in [6.07, 6.45) is 5.70. The Balaban J connectivity index is 1.47. The predicted octanol–water partition coefficient (Wildman–Crippen LogP) is 0.838. The summed E-state index contributed by atoms with van der Waals surface area (Å²) >= 11 is 0. The summed E-state index contributed by atoms with van der Waals surface area (Å²) in [5.41, 5.74) is 2.01. The fraction of sp³-hybridized carbons (Fsp3) is 0.556. The van der Waals surface area contributed by atoms with Crippen LogP contribution in [0, 0.1) is 31.6 Å². The molecule has 136 valence electrons. The number of amides is 1. The molecular weight excluding hydrogens is 332 g/mol. The third kappa shape index (κ3) is 3.63. The highest BCUT2D eigenvalue weighted by Crippen LogP contribution is 2.27. The fourth-order valence-corrected chi connectivity index (χ4v) is 3.35. The van der Waals surface area contributed by atoms with Crippen molar-refractivity contribution in [3.8, 4) is 11.8 Å². The van der Waals surface area contributed by atoms with Gasteiger partial charge in [-0.1, -0.05) is 16.3 Å². The molecule has 1 aliphatic carbocycles. The fourth-order valence-electron chi connectivity index (χ4n) is 3.35. The van der Waals surface area contributed by atoms with Crippen molar-refractivity contribution in [1.29, 1.82) is 0 Å². The van der Waals surface area contributed by atoms with Crippen LogP contribution < -0.4 is 5.32 Å². The van der Waals surface area contributed by atoms with E-state index < -0.39 is 0 Å². The first-order valence-corrected chi connectivity index (χ1v) is 8.92. The number of likely N-dealkylation sites (tertiary alicyclic amines) is 1. The molecule has 2 aromatic rings. The van der Waals surface area contributed by atoms with Gasteiger partial charge in [0.15, 0.2) is 0 Å². The number of aryl methyl sites for hydroxylation is 2. The molecule has 0 unspecified atom stereocenters. The van der Waals surface area contributed by atoms with E-state index in [0.29, 0.717) is 12.5 Å². The lowest BCUT2D eigenvalue weighted by Crippen LogP contribution is -2.41. The van der Waals surface area contributed by atoms with Crippen LogP contribution in [-0.4, -0.2) is 50.1 Å². The molecular formula is C18H22N6O2. The van der Waals surface area contributed by atoms with Gasteiger partial charge in [-0.25, -0.2) is 4.68 Å². The molecule has 2 aliphatic rings. The lowest BCUT2D eigenvalue weighted by molar-refractivity contribution is -0.116. The molecule has 2 aromatic heterocycles. The number of hydrogen-bond donors (Lipinski definition) is 1. The van der Waals surface area contributed by atoms with Crippen molar-refractivity contribution in [1.82, 2.24) is 30.4 Å². The van der Waals surface area contributed by atoms with Crippen molar-refractivity contribution in [2.75, 3.05) is 13.1 Å². The highest BCUT2D eigenvalue weighted by molar-refractivity contribution is 5.93. The van der Waals surface area contributed by atoms with Crippen molar-refractivity contribution in [3.63, 3.8) is 0 Å². The molecule has 26 heavy (non-hydrogen) atoms. The zero-order chi connectivity index (χ0) is 18.1. The minimum Gasteiger partial charge on any atom is -0.361 e. The lowest BCUT2D eigenvalue weighted by atomic mass is 10.2. The van der Waals surface area contributed by atoms with Gasteiger partial charge in [-0.05, 0) is 32.6 Å². The molecule has 0 bridgehead atoms. The largest absolute Gasteiger partial charge is 0.361 e. The van der Waals surface area contributed by atoms with Gasteiger partial charge in [-0.3, -0.25) is 9.69 Å². The Hall–Kier alpha value is -2.66. The van der Waals surface area contributed by atoms with Gasteiger partial charge in [0.05, 0.1) is 24.0 Å². The van der Waals surface area contributed by atoms with E-state index in [-0.39, 0.29) is 18.0 Å². The zero-order valence-corrected chi connectivity index (χ0v) is 15.0. The Labute approximate surface area is 151 Å². The van der Waals surface area contributed by atoms with Crippen LogP contribution in [0.2, 0.25) is 0 Å². The summed E-state index contributed by atoms with van der Waals surface area (Å²) in [4.78, 5) is 14.5. The first-order valence-electron chi connectivity index (χ1n) is 8.92. The van der Waals surface area contributed by atoms with E-state index in [4.69, 9.17) is 4.52 Å². The SMILES string of the molecule is Cc1noc(C)c1CN1C[C@@H](NC(=O)C#CC2CC2)[C@@H](n2ccnn2)C1. The Morgan fingerprint density at radius 2 is 2.23 bits per heavy atom. The molecule has 8 heteroatoms. The van der Waals surface area contributed by atoms with Crippen molar-refractivity contribution < 1.29 is 9.32 Å². The molecule has 0 radical (unpaired) electrons. The smallest absolute Gasteiger partial charge is 0.296 e. The molecule has 1 amide bonds. The third-order valence-electron chi connectivity index (χ3n) is 4.99. The van der Waals surface area contributed by atoms with Crippen LogP contribution in [0.1, 0.15) is 35.9 Å². The summed E-state index contributed by atoms with van der Waals surface area (Å²) in [5, 5.41) is 15.1. The normalized spacial score (nSPS) is 22.8. The molecule has 8 nitrogen and oxygen atoms in total. The number of rotatable bonds is 4. The summed E-state index contributed by atoms with van der Waals surface area (Å²) in [6, 6.07) is -0.0529. The van der Waals surface area contributed by atoms with E-state index in [1.807, 2.05) is 24.7 Å². The van der Waals surface area contributed by atoms with E-state index in [2.05, 4.69) is 37.5 Å². The molecule has 1 aliphatic heterocycles. The van der Waals surface area contributed by atoms with E-state index in [9.17, 15) is 4.79 Å². The van der Waals surface area contributed by atoms with Gasteiger partial charge in [0.25, 0.3) is 5.91 Å². The zero-order valence-electron chi connectivity index (χ0n) is 15.0. The van der Waals surface area contributed by atoms with Crippen molar-refractivity contribution in [2.24, 2.45) is 5.92 Å². The van der Waals surface area contributed by atoms with E-state index >= 15 is 0 Å². The molecule has 2 fully saturated rings. The van der Waals surface area contributed by atoms with Crippen molar-refractivity contribution in [2.45, 2.75) is 45.3 Å². The maximum Gasteiger partial charge on any atom is 0.296 e. The van der Waals surface area contributed by atoms with Gasteiger partial charge in [-0.2, -0.15) is 0 Å². The quantitative estimate of drug-likeness (QED) is 0.819. The van der Waals surface area contributed by atoms with Crippen LogP contribution in [0.25, 0.3) is 0 Å². The van der Waals surface area contributed by atoms with Crippen LogP contribution in [0.15, 0.2) is 16.9 Å². The van der Waals surface area contributed by atoms with Crippen LogP contribution in [0.5, 0.6) is 0 Å². The molecule has 1 N–H and O–H groups in total. The van der Waals surface area contributed by atoms with Gasteiger partial charge in [0, 0.05) is 37.3 Å². The summed E-state index contributed by atoms with van der Waals surface area (Å²) in [5.74, 6) is 6.77. The topological polar surface area (TPSA) is 89.1 Å². The minimum atomic E-state index is -0.216. The Bertz CT molecular complexity index is 823. The predicted molar refractivity (Wildman–Crippen MR) is 92.7 cm³/mol. The average molecular weight is 354 g/mol. The molecule has 0 aromatic carbocycles. The van der Waals surface area contributed by atoms with Crippen LogP contribution in [0.3, 0.4) is 0 Å². The number of nitrogens with zero attached hydrogens (tertiary/aromatic N) is 5. The first kappa shape index (κ1) is 16.8. The second-order valence-electron chi connectivity index (χ2n) is 7.07. The van der Waals surface area contributed by atoms with E-state index in [1.54, 1.807) is 6.20 Å². The lowest BCUT2D eigenvalue weighted by Gasteiger charge is -2.18. The van der Waals surface area contributed by atoms with Gasteiger partial charge in [-0.15, -0.1) is 5.10 Å². The highest BCUT2D eigenvalue weighted by Gasteiger charge is 2.36. The Morgan fingerprint density at radius 3 is 2.88 bits per heavy atom. The molecule has 0 spiro atoms. The molecule has 1 saturated heterocycles. The number of hydrogen-bond acceptors (Lipinski definition) is 6. The second-order valence-corrected chi connectivity index (χ2v) is 7.07. The number of carbonyl (C=O) groups excluding carboxylic acids is 1. The minimum absolute atomic E-state index is 0.0182. The van der Waals surface area contributed by atoms with E-state index in [1.165, 1.54) is 0 Å². The van der Waals surface area contributed by atoms with Crippen molar-refractivity contribution >= 4 is 5.91 Å². The number of carbonyl (C=O) groups is 1. The average Bonchev–Trinajstić information content (AvgIpc) is 2.99. The maximum atomic E-state index is 12.2. The summed E-state index contributed by atoms with van der Waals surface area (Å²) < 4.78 is 7.08. The van der Waals surface area contributed by atoms with Gasteiger partial charge >= 0.3 is 0 Å². The Morgan fingerprint density at radius 1 is 1.38 bits per heavy atom.